The molecule has 0 radical (unpaired) electrons. The molecule has 1 aliphatic rings. The average Bonchev–Trinajstić information content (AvgIpc) is 3.07. The van der Waals surface area contributed by atoms with Crippen LogP contribution in [0.2, 0.25) is 0 Å². The highest BCUT2D eigenvalue weighted by atomic mass is 32.1. The summed E-state index contributed by atoms with van der Waals surface area (Å²) >= 11 is 1.77. The number of para-hydroxylation sites is 1. The minimum atomic E-state index is 0.440. The van der Waals surface area contributed by atoms with Crippen molar-refractivity contribution in [3.63, 3.8) is 0 Å². The predicted molar refractivity (Wildman–Crippen MR) is 82.9 cm³/mol. The minimum absolute atomic E-state index is 0.440. The van der Waals surface area contributed by atoms with Gasteiger partial charge in [0, 0.05) is 18.2 Å². The van der Waals surface area contributed by atoms with Crippen molar-refractivity contribution in [2.45, 2.75) is 25.3 Å². The number of rotatable bonds is 4. The van der Waals surface area contributed by atoms with Crippen LogP contribution in [0.5, 0.6) is 0 Å². The van der Waals surface area contributed by atoms with Crippen LogP contribution in [0.3, 0.4) is 0 Å². The first-order valence-corrected chi connectivity index (χ1v) is 7.83. The van der Waals surface area contributed by atoms with Crippen LogP contribution in [-0.4, -0.2) is 13.1 Å². The summed E-state index contributed by atoms with van der Waals surface area (Å²) in [5.74, 6) is 0.585. The SMILES string of the molecule is CC(c1ccsc1)N1CC(CCN)c2ccccc21. The molecule has 0 amide bonds. The van der Waals surface area contributed by atoms with Crippen LogP contribution in [0.4, 0.5) is 5.69 Å². The lowest BCUT2D eigenvalue weighted by atomic mass is 9.98. The zero-order chi connectivity index (χ0) is 13.2. The summed E-state index contributed by atoms with van der Waals surface area (Å²) < 4.78 is 0. The van der Waals surface area contributed by atoms with Crippen molar-refractivity contribution in [3.8, 4) is 0 Å². The summed E-state index contributed by atoms with van der Waals surface area (Å²) in [7, 11) is 0. The fourth-order valence-electron chi connectivity index (χ4n) is 3.04. The molecule has 1 aliphatic heterocycles. The van der Waals surface area contributed by atoms with Gasteiger partial charge in [-0.15, -0.1) is 0 Å². The highest BCUT2D eigenvalue weighted by Crippen LogP contribution is 2.42. The van der Waals surface area contributed by atoms with Crippen LogP contribution in [0, 0.1) is 0 Å². The van der Waals surface area contributed by atoms with Gasteiger partial charge in [0.2, 0.25) is 0 Å². The molecule has 100 valence electrons. The molecule has 2 aromatic rings. The molecule has 0 bridgehead atoms. The van der Waals surface area contributed by atoms with Gasteiger partial charge in [0.05, 0.1) is 6.04 Å². The van der Waals surface area contributed by atoms with E-state index >= 15 is 0 Å². The van der Waals surface area contributed by atoms with E-state index in [0.717, 1.165) is 19.5 Å². The van der Waals surface area contributed by atoms with Gasteiger partial charge in [0.1, 0.15) is 0 Å². The van der Waals surface area contributed by atoms with Gasteiger partial charge >= 0.3 is 0 Å². The van der Waals surface area contributed by atoms with Gasteiger partial charge in [-0.05, 0) is 53.9 Å². The number of anilines is 1. The van der Waals surface area contributed by atoms with E-state index in [-0.39, 0.29) is 0 Å². The van der Waals surface area contributed by atoms with Gasteiger partial charge in [-0.25, -0.2) is 0 Å². The van der Waals surface area contributed by atoms with Gasteiger partial charge in [-0.1, -0.05) is 18.2 Å². The Morgan fingerprint density at radius 3 is 2.95 bits per heavy atom. The molecule has 2 heterocycles. The lowest BCUT2D eigenvalue weighted by molar-refractivity contribution is 0.607. The number of hydrogen-bond acceptors (Lipinski definition) is 3. The first-order chi connectivity index (χ1) is 9.31. The number of benzene rings is 1. The summed E-state index contributed by atoms with van der Waals surface area (Å²) in [5.41, 5.74) is 10.0. The van der Waals surface area contributed by atoms with Crippen molar-refractivity contribution in [1.82, 2.24) is 0 Å². The average molecular weight is 272 g/mol. The van der Waals surface area contributed by atoms with E-state index in [0.29, 0.717) is 12.0 Å². The van der Waals surface area contributed by atoms with E-state index in [2.05, 4.69) is 52.9 Å². The molecule has 0 aliphatic carbocycles. The van der Waals surface area contributed by atoms with Crippen molar-refractivity contribution in [3.05, 3.63) is 52.2 Å². The molecular weight excluding hydrogens is 252 g/mol. The molecule has 2 N–H and O–H groups in total. The third kappa shape index (κ3) is 2.28. The Morgan fingerprint density at radius 2 is 2.21 bits per heavy atom. The second kappa shape index (κ2) is 5.35. The van der Waals surface area contributed by atoms with Crippen molar-refractivity contribution in [2.24, 2.45) is 5.73 Å². The second-order valence-corrected chi connectivity index (χ2v) is 6.00. The molecule has 0 spiro atoms. The van der Waals surface area contributed by atoms with E-state index in [1.54, 1.807) is 11.3 Å². The van der Waals surface area contributed by atoms with Gasteiger partial charge in [-0.3, -0.25) is 0 Å². The molecule has 19 heavy (non-hydrogen) atoms. The number of hydrogen-bond donors (Lipinski definition) is 1. The topological polar surface area (TPSA) is 29.3 Å². The summed E-state index contributed by atoms with van der Waals surface area (Å²) in [6, 6.07) is 11.5. The largest absolute Gasteiger partial charge is 0.364 e. The van der Waals surface area contributed by atoms with Gasteiger partial charge in [0.25, 0.3) is 0 Å². The van der Waals surface area contributed by atoms with E-state index in [1.165, 1.54) is 16.8 Å². The Morgan fingerprint density at radius 1 is 1.37 bits per heavy atom. The third-order valence-electron chi connectivity index (χ3n) is 4.11. The number of nitrogens with two attached hydrogens (primary N) is 1. The summed E-state index contributed by atoms with van der Waals surface area (Å²) in [5, 5.41) is 4.41. The monoisotopic (exact) mass is 272 g/mol. The summed E-state index contributed by atoms with van der Waals surface area (Å²) in [4.78, 5) is 2.53. The van der Waals surface area contributed by atoms with Crippen LogP contribution in [0.15, 0.2) is 41.1 Å². The summed E-state index contributed by atoms with van der Waals surface area (Å²) in [6.45, 7) is 4.15. The lowest BCUT2D eigenvalue weighted by Crippen LogP contribution is -2.25. The zero-order valence-electron chi connectivity index (χ0n) is 11.3. The number of nitrogens with zero attached hydrogens (tertiary/aromatic N) is 1. The van der Waals surface area contributed by atoms with E-state index in [4.69, 9.17) is 5.73 Å². The second-order valence-electron chi connectivity index (χ2n) is 5.22. The molecular formula is C16H20N2S. The fourth-order valence-corrected chi connectivity index (χ4v) is 3.78. The predicted octanol–water partition coefficient (Wildman–Crippen LogP) is 3.76. The molecule has 0 saturated carbocycles. The number of fused-ring (bicyclic) bond motifs is 1. The smallest absolute Gasteiger partial charge is 0.0522 e. The van der Waals surface area contributed by atoms with Gasteiger partial charge in [-0.2, -0.15) is 11.3 Å². The molecule has 3 heteroatoms. The molecule has 1 aromatic heterocycles. The Kier molecular flexibility index (Phi) is 3.58. The van der Waals surface area contributed by atoms with Crippen molar-refractivity contribution < 1.29 is 0 Å². The quantitative estimate of drug-likeness (QED) is 0.918. The van der Waals surface area contributed by atoms with Crippen molar-refractivity contribution in [2.75, 3.05) is 18.0 Å². The van der Waals surface area contributed by atoms with Crippen LogP contribution in [0.1, 0.15) is 36.4 Å². The van der Waals surface area contributed by atoms with Gasteiger partial charge in [0.15, 0.2) is 0 Å². The van der Waals surface area contributed by atoms with Crippen molar-refractivity contribution in [1.29, 1.82) is 0 Å². The standard InChI is InChI=1S/C16H20N2S/c1-12(14-7-9-19-11-14)18-10-13(6-8-17)15-4-2-3-5-16(15)18/h2-5,7,9,11-13H,6,8,10,17H2,1H3. The van der Waals surface area contributed by atoms with Crippen LogP contribution in [-0.2, 0) is 0 Å². The third-order valence-corrected chi connectivity index (χ3v) is 4.81. The molecule has 2 unspecified atom stereocenters. The van der Waals surface area contributed by atoms with Crippen LogP contribution in [0.25, 0.3) is 0 Å². The van der Waals surface area contributed by atoms with Crippen molar-refractivity contribution >= 4 is 17.0 Å². The van der Waals surface area contributed by atoms with E-state index < -0.39 is 0 Å². The molecule has 2 atom stereocenters. The number of thiophene rings is 1. The maximum atomic E-state index is 5.76. The summed E-state index contributed by atoms with van der Waals surface area (Å²) in [6.07, 6.45) is 1.07. The Bertz CT molecular complexity index is 535. The molecule has 0 fully saturated rings. The molecule has 3 rings (SSSR count). The Hall–Kier alpha value is -1.32. The highest BCUT2D eigenvalue weighted by Gasteiger charge is 2.30. The molecule has 2 nitrogen and oxygen atoms in total. The van der Waals surface area contributed by atoms with Gasteiger partial charge < -0.3 is 10.6 Å². The first-order valence-electron chi connectivity index (χ1n) is 6.89. The normalized spacial score (nSPS) is 19.5. The Labute approximate surface area is 118 Å². The molecule has 0 saturated heterocycles. The first kappa shape index (κ1) is 12.7. The highest BCUT2D eigenvalue weighted by molar-refractivity contribution is 7.08. The maximum absolute atomic E-state index is 5.76. The van der Waals surface area contributed by atoms with Crippen LogP contribution < -0.4 is 10.6 Å². The fraction of sp³-hybridized carbons (Fsp3) is 0.375. The van der Waals surface area contributed by atoms with E-state index in [1.807, 2.05) is 0 Å². The van der Waals surface area contributed by atoms with Crippen LogP contribution >= 0.6 is 11.3 Å². The maximum Gasteiger partial charge on any atom is 0.0522 e. The minimum Gasteiger partial charge on any atom is -0.364 e. The molecule has 1 aromatic carbocycles. The zero-order valence-corrected chi connectivity index (χ0v) is 12.1. The Balaban J connectivity index is 1.92. The van der Waals surface area contributed by atoms with E-state index in [9.17, 15) is 0 Å². The lowest BCUT2D eigenvalue weighted by Gasteiger charge is -2.27.